The van der Waals surface area contributed by atoms with Crippen LogP contribution < -0.4 is 113 Å². The van der Waals surface area contributed by atoms with E-state index in [4.69, 9.17) is 15.0 Å². The number of hydrogen-bond acceptors (Lipinski definition) is 3. The molecule has 13 heavy (non-hydrogen) atoms. The summed E-state index contributed by atoms with van der Waals surface area (Å²) in [5, 5.41) is 16.7. The number of benzene rings is 1. The van der Waals surface area contributed by atoms with Crippen molar-refractivity contribution in [1.29, 1.82) is 0 Å². The number of carboxylic acid groups (broad SMARTS) is 2. The monoisotopic (exact) mass is 294 g/mol. The quantitative estimate of drug-likeness (QED) is 0.448. The first kappa shape index (κ1) is 20.6. The Balaban J connectivity index is -0.000000150. The van der Waals surface area contributed by atoms with Crippen LogP contribution in [0, 0.1) is 0 Å². The summed E-state index contributed by atoms with van der Waals surface area (Å²) in [6.07, 6.45) is -2.33. The first-order valence-corrected chi connectivity index (χ1v) is 3.51. The molecule has 60 valence electrons. The van der Waals surface area contributed by atoms with E-state index in [0.29, 0.717) is 0 Å². The Hall–Kier alpha value is 2.24. The molecule has 0 fully saturated rings. The molecule has 0 aliphatic heterocycles. The van der Waals surface area contributed by atoms with Crippen LogP contribution in [0.25, 0.3) is 0 Å². The molecule has 3 nitrogen and oxygen atoms in total. The second-order valence-corrected chi connectivity index (χ2v) is 2.46. The Morgan fingerprint density at radius 1 is 1.08 bits per heavy atom. The first-order valence-electron chi connectivity index (χ1n) is 2.71. The van der Waals surface area contributed by atoms with Crippen LogP contribution in [0.4, 0.5) is 4.79 Å². The van der Waals surface area contributed by atoms with Gasteiger partial charge in [-0.3, -0.25) is 0 Å². The van der Waals surface area contributed by atoms with Gasteiger partial charge < -0.3 is 15.0 Å². The number of carbonyl (C=O) groups is 1. The van der Waals surface area contributed by atoms with Gasteiger partial charge in [-0.15, -0.1) is 0 Å². The maximum absolute atomic E-state index is 8.33. The average molecular weight is 295 g/mol. The van der Waals surface area contributed by atoms with Crippen molar-refractivity contribution in [2.75, 3.05) is 0 Å². The van der Waals surface area contributed by atoms with Crippen molar-refractivity contribution in [2.45, 2.75) is 0 Å². The van der Waals surface area contributed by atoms with Crippen molar-refractivity contribution in [2.24, 2.45) is 0 Å². The van der Waals surface area contributed by atoms with Gasteiger partial charge in [0.05, 0.1) is 0 Å². The number of rotatable bonds is 0. The average Bonchev–Trinajstić information content (AvgIpc) is 1.87. The van der Waals surface area contributed by atoms with Crippen LogP contribution in [-0.4, -0.2) is 6.16 Å². The van der Waals surface area contributed by atoms with E-state index in [-0.39, 0.29) is 103 Å². The molecule has 0 atom stereocenters. The van der Waals surface area contributed by atoms with Crippen molar-refractivity contribution in [1.82, 2.24) is 0 Å². The summed E-state index contributed by atoms with van der Waals surface area (Å²) in [6.45, 7) is 0. The summed E-state index contributed by atoms with van der Waals surface area (Å²) in [6, 6.07) is 9.97. The maximum Gasteiger partial charge on any atom is 1.00 e. The normalized spacial score (nSPS) is 6.54. The van der Waals surface area contributed by atoms with Gasteiger partial charge >= 0.3 is 103 Å². The molecule has 1 aromatic carbocycles. The summed E-state index contributed by atoms with van der Waals surface area (Å²) >= 11 is 3.31. The van der Waals surface area contributed by atoms with Gasteiger partial charge in [0.2, 0.25) is 0 Å². The molecular formula is C7H5BrK2O3. The van der Waals surface area contributed by atoms with Gasteiger partial charge in [-0.1, -0.05) is 34.1 Å². The molecule has 0 radical (unpaired) electrons. The van der Waals surface area contributed by atoms with E-state index in [0.717, 1.165) is 4.47 Å². The number of carbonyl (C=O) groups excluding carboxylic acids is 1. The molecular weight excluding hydrogens is 290 g/mol. The molecule has 0 amide bonds. The Kier molecular flexibility index (Phi) is 22.6. The van der Waals surface area contributed by atoms with Gasteiger partial charge in [0.1, 0.15) is 0 Å². The fourth-order valence-electron chi connectivity index (χ4n) is 0.415. The molecule has 1 aromatic rings. The first-order chi connectivity index (χ1) is 5.13. The van der Waals surface area contributed by atoms with Crippen molar-refractivity contribution >= 4 is 22.1 Å². The zero-order valence-electron chi connectivity index (χ0n) is 7.49. The van der Waals surface area contributed by atoms with Gasteiger partial charge in [0.15, 0.2) is 0 Å². The molecule has 0 bridgehead atoms. The summed E-state index contributed by atoms with van der Waals surface area (Å²) < 4.78 is 1.13. The van der Waals surface area contributed by atoms with Crippen LogP contribution in [0.15, 0.2) is 34.8 Å². The largest absolute Gasteiger partial charge is 1.00 e. The molecule has 0 saturated heterocycles. The van der Waals surface area contributed by atoms with Crippen molar-refractivity contribution in [3.05, 3.63) is 34.8 Å². The van der Waals surface area contributed by atoms with Crippen LogP contribution >= 0.6 is 15.9 Å². The third kappa shape index (κ3) is 20.3. The molecule has 0 spiro atoms. The van der Waals surface area contributed by atoms with Crippen LogP contribution in [0.3, 0.4) is 0 Å². The molecule has 1 rings (SSSR count). The Morgan fingerprint density at radius 3 is 1.54 bits per heavy atom. The SMILES string of the molecule is Brc1ccccc1.O=C([O-])[O-].[K+].[K+]. The third-order valence-electron chi connectivity index (χ3n) is 0.733. The van der Waals surface area contributed by atoms with E-state index in [9.17, 15) is 0 Å². The van der Waals surface area contributed by atoms with Gasteiger partial charge in [-0.05, 0) is 18.3 Å². The second kappa shape index (κ2) is 14.2. The molecule has 0 saturated carbocycles. The van der Waals surface area contributed by atoms with Crippen molar-refractivity contribution in [3.63, 3.8) is 0 Å². The van der Waals surface area contributed by atoms with Crippen molar-refractivity contribution in [3.8, 4) is 0 Å². The Labute approximate surface area is 170 Å². The summed E-state index contributed by atoms with van der Waals surface area (Å²) in [4.78, 5) is 8.33. The minimum atomic E-state index is -2.33. The van der Waals surface area contributed by atoms with Gasteiger partial charge in [0, 0.05) is 4.47 Å². The van der Waals surface area contributed by atoms with Crippen LogP contribution in [0.5, 0.6) is 0 Å². The summed E-state index contributed by atoms with van der Waals surface area (Å²) in [5.74, 6) is 0. The van der Waals surface area contributed by atoms with E-state index in [1.54, 1.807) is 0 Å². The molecule has 0 aromatic heterocycles. The Bertz CT molecular complexity index is 214. The minimum Gasteiger partial charge on any atom is -0.652 e. The fraction of sp³-hybridized carbons (Fsp3) is 0. The number of hydrogen-bond donors (Lipinski definition) is 0. The van der Waals surface area contributed by atoms with Crippen molar-refractivity contribution < 1.29 is 118 Å². The molecule has 0 aliphatic rings. The van der Waals surface area contributed by atoms with Gasteiger partial charge in [-0.2, -0.15) is 0 Å². The van der Waals surface area contributed by atoms with Crippen LogP contribution in [0.1, 0.15) is 0 Å². The summed E-state index contributed by atoms with van der Waals surface area (Å²) in [7, 11) is 0. The molecule has 6 heteroatoms. The van der Waals surface area contributed by atoms with Crippen LogP contribution in [-0.2, 0) is 0 Å². The van der Waals surface area contributed by atoms with E-state index >= 15 is 0 Å². The van der Waals surface area contributed by atoms with E-state index in [2.05, 4.69) is 15.9 Å². The topological polar surface area (TPSA) is 63.2 Å². The predicted octanol–water partition coefficient (Wildman–Crippen LogP) is -5.99. The molecule has 0 heterocycles. The van der Waals surface area contributed by atoms with Gasteiger partial charge in [-0.25, -0.2) is 0 Å². The van der Waals surface area contributed by atoms with E-state index in [1.807, 2.05) is 30.3 Å². The zero-order chi connectivity index (χ0) is 8.69. The zero-order valence-corrected chi connectivity index (χ0v) is 15.3. The molecule has 0 N–H and O–H groups in total. The minimum absolute atomic E-state index is 0. The standard InChI is InChI=1S/C6H5Br.CH2O3.2K/c7-6-4-2-1-3-5-6;2-1(3)4;;/h1-5H;(H2,2,3,4);;/q;;2*+1/p-2. The van der Waals surface area contributed by atoms with Gasteiger partial charge in [0.25, 0.3) is 0 Å². The summed E-state index contributed by atoms with van der Waals surface area (Å²) in [5.41, 5.74) is 0. The molecule has 0 aliphatic carbocycles. The van der Waals surface area contributed by atoms with E-state index in [1.165, 1.54) is 0 Å². The second-order valence-electron chi connectivity index (χ2n) is 1.55. The Morgan fingerprint density at radius 2 is 1.38 bits per heavy atom. The predicted molar refractivity (Wildman–Crippen MR) is 39.5 cm³/mol. The fourth-order valence-corrected chi connectivity index (χ4v) is 0.720. The number of halogens is 1. The van der Waals surface area contributed by atoms with E-state index < -0.39 is 6.16 Å². The van der Waals surface area contributed by atoms with Crippen LogP contribution in [0.2, 0.25) is 0 Å². The maximum atomic E-state index is 8.33. The smallest absolute Gasteiger partial charge is 0.652 e. The molecule has 0 unspecified atom stereocenters. The third-order valence-corrected chi connectivity index (χ3v) is 1.26.